The second-order valence-electron chi connectivity index (χ2n) is 4.81. The van der Waals surface area contributed by atoms with Gasteiger partial charge in [-0.1, -0.05) is 0 Å². The smallest absolute Gasteiger partial charge is 0.274 e. The Labute approximate surface area is 121 Å². The number of amides is 1. The summed E-state index contributed by atoms with van der Waals surface area (Å²) in [7, 11) is -3.32. The van der Waals surface area contributed by atoms with Gasteiger partial charge in [0.15, 0.2) is 9.84 Å². The van der Waals surface area contributed by atoms with Crippen LogP contribution in [-0.4, -0.2) is 47.5 Å². The molecule has 0 aromatic carbocycles. The Morgan fingerprint density at radius 2 is 2.19 bits per heavy atom. The molecule has 1 saturated heterocycles. The normalized spacial score (nSPS) is 15.7. The first-order chi connectivity index (χ1) is 10.1. The Morgan fingerprint density at radius 1 is 1.38 bits per heavy atom. The average molecular weight is 307 g/mol. The third-order valence-corrected chi connectivity index (χ3v) is 5.35. The summed E-state index contributed by atoms with van der Waals surface area (Å²) in [5.41, 5.74) is 0.222. The standard InChI is InChI=1S/C13H13N3O4S/c17-13(12-6-14-3-4-15-12)16-7-11(8-16)21(18,19)9-10-2-1-5-20-10/h1-6,11H,7-9H2. The van der Waals surface area contributed by atoms with Crippen LogP contribution >= 0.6 is 0 Å². The van der Waals surface area contributed by atoms with Crippen LogP contribution in [0.4, 0.5) is 0 Å². The van der Waals surface area contributed by atoms with E-state index in [1.807, 2.05) is 0 Å². The van der Waals surface area contributed by atoms with Crippen molar-refractivity contribution in [1.29, 1.82) is 0 Å². The van der Waals surface area contributed by atoms with Crippen LogP contribution < -0.4 is 0 Å². The summed E-state index contributed by atoms with van der Waals surface area (Å²) in [5.74, 6) is -0.0288. The van der Waals surface area contributed by atoms with E-state index in [9.17, 15) is 13.2 Å². The van der Waals surface area contributed by atoms with Crippen molar-refractivity contribution in [2.75, 3.05) is 13.1 Å². The van der Waals surface area contributed by atoms with Gasteiger partial charge >= 0.3 is 0 Å². The van der Waals surface area contributed by atoms with Crippen molar-refractivity contribution in [2.45, 2.75) is 11.0 Å². The summed E-state index contributed by atoms with van der Waals surface area (Å²) in [6.07, 6.45) is 5.71. The Hall–Kier alpha value is -2.22. The maximum absolute atomic E-state index is 12.2. The van der Waals surface area contributed by atoms with E-state index < -0.39 is 15.1 Å². The molecule has 8 heteroatoms. The number of carbonyl (C=O) groups excluding carboxylic acids is 1. The molecule has 7 nitrogen and oxygen atoms in total. The zero-order valence-electron chi connectivity index (χ0n) is 11.0. The van der Waals surface area contributed by atoms with Gasteiger partial charge in [-0.05, 0) is 12.1 Å². The first-order valence-corrected chi connectivity index (χ1v) is 8.07. The van der Waals surface area contributed by atoms with Crippen LogP contribution in [0.5, 0.6) is 0 Å². The van der Waals surface area contributed by atoms with E-state index in [0.717, 1.165) is 0 Å². The van der Waals surface area contributed by atoms with Gasteiger partial charge in [-0.3, -0.25) is 9.78 Å². The highest BCUT2D eigenvalue weighted by atomic mass is 32.2. The molecule has 0 saturated carbocycles. The van der Waals surface area contributed by atoms with E-state index in [4.69, 9.17) is 4.42 Å². The second-order valence-corrected chi connectivity index (χ2v) is 7.09. The van der Waals surface area contributed by atoms with Crippen LogP contribution in [0.15, 0.2) is 41.4 Å². The van der Waals surface area contributed by atoms with Crippen molar-refractivity contribution >= 4 is 15.7 Å². The summed E-state index contributed by atoms with van der Waals surface area (Å²) in [6.45, 7) is 0.358. The molecule has 0 bridgehead atoms. The lowest BCUT2D eigenvalue weighted by Gasteiger charge is -2.38. The Balaban J connectivity index is 1.61. The predicted molar refractivity (Wildman–Crippen MR) is 73.1 cm³/mol. The fraction of sp³-hybridized carbons (Fsp3) is 0.308. The number of furan rings is 1. The van der Waals surface area contributed by atoms with Crippen LogP contribution in [-0.2, 0) is 15.6 Å². The van der Waals surface area contributed by atoms with Gasteiger partial charge in [0.05, 0.1) is 17.7 Å². The molecule has 0 unspecified atom stereocenters. The largest absolute Gasteiger partial charge is 0.468 e. The monoisotopic (exact) mass is 307 g/mol. The van der Waals surface area contributed by atoms with E-state index >= 15 is 0 Å². The minimum absolute atomic E-state index is 0.141. The van der Waals surface area contributed by atoms with E-state index in [-0.39, 0.29) is 30.4 Å². The zero-order valence-corrected chi connectivity index (χ0v) is 11.9. The van der Waals surface area contributed by atoms with Crippen LogP contribution in [0.3, 0.4) is 0 Å². The lowest BCUT2D eigenvalue weighted by molar-refractivity contribution is 0.0652. The maximum Gasteiger partial charge on any atom is 0.274 e. The first-order valence-electron chi connectivity index (χ1n) is 6.35. The van der Waals surface area contributed by atoms with Gasteiger partial charge in [-0.15, -0.1) is 0 Å². The van der Waals surface area contributed by atoms with E-state index in [0.29, 0.717) is 5.76 Å². The zero-order chi connectivity index (χ0) is 14.9. The number of likely N-dealkylation sites (tertiary alicyclic amines) is 1. The highest BCUT2D eigenvalue weighted by Gasteiger charge is 2.40. The molecule has 0 N–H and O–H groups in total. The number of hydrogen-bond acceptors (Lipinski definition) is 6. The van der Waals surface area contributed by atoms with Crippen LogP contribution in [0, 0.1) is 0 Å². The number of hydrogen-bond donors (Lipinski definition) is 0. The van der Waals surface area contributed by atoms with Crippen molar-refractivity contribution in [3.8, 4) is 0 Å². The molecule has 0 radical (unpaired) electrons. The minimum atomic E-state index is -3.32. The number of aromatic nitrogens is 2. The highest BCUT2D eigenvalue weighted by molar-refractivity contribution is 7.91. The summed E-state index contributed by atoms with van der Waals surface area (Å²) in [5, 5.41) is -0.553. The van der Waals surface area contributed by atoms with Crippen molar-refractivity contribution in [3.63, 3.8) is 0 Å². The molecule has 1 fully saturated rings. The Bertz CT molecular complexity index is 722. The number of nitrogens with zero attached hydrogens (tertiary/aromatic N) is 3. The predicted octanol–water partition coefficient (Wildman–Crippen LogP) is 0.509. The van der Waals surface area contributed by atoms with Crippen molar-refractivity contribution < 1.29 is 17.6 Å². The molecule has 0 atom stereocenters. The van der Waals surface area contributed by atoms with Gasteiger partial charge in [-0.2, -0.15) is 0 Å². The van der Waals surface area contributed by atoms with E-state index in [2.05, 4.69) is 9.97 Å². The quantitative estimate of drug-likeness (QED) is 0.817. The molecular weight excluding hydrogens is 294 g/mol. The molecule has 1 aliphatic rings. The van der Waals surface area contributed by atoms with Crippen LogP contribution in [0.1, 0.15) is 16.2 Å². The topological polar surface area (TPSA) is 93.4 Å². The van der Waals surface area contributed by atoms with Gasteiger partial charge in [0.2, 0.25) is 0 Å². The molecule has 3 rings (SSSR count). The average Bonchev–Trinajstić information content (AvgIpc) is 2.89. The van der Waals surface area contributed by atoms with Gasteiger partial charge in [-0.25, -0.2) is 13.4 Å². The van der Waals surface area contributed by atoms with Gasteiger partial charge in [0.25, 0.3) is 5.91 Å². The lowest BCUT2D eigenvalue weighted by atomic mass is 10.2. The third-order valence-electron chi connectivity index (χ3n) is 3.35. The molecule has 0 spiro atoms. The van der Waals surface area contributed by atoms with Crippen molar-refractivity contribution in [2.24, 2.45) is 0 Å². The molecule has 1 amide bonds. The second kappa shape index (κ2) is 5.28. The van der Waals surface area contributed by atoms with Crippen molar-refractivity contribution in [1.82, 2.24) is 14.9 Å². The van der Waals surface area contributed by atoms with E-state index in [1.54, 1.807) is 12.1 Å². The molecule has 3 heterocycles. The van der Waals surface area contributed by atoms with E-state index in [1.165, 1.54) is 29.8 Å². The number of carbonyl (C=O) groups is 1. The first kappa shape index (κ1) is 13.7. The Morgan fingerprint density at radius 3 is 2.81 bits per heavy atom. The molecular formula is C13H13N3O4S. The molecule has 2 aromatic rings. The lowest BCUT2D eigenvalue weighted by Crippen LogP contribution is -2.57. The molecule has 21 heavy (non-hydrogen) atoms. The van der Waals surface area contributed by atoms with Gasteiger partial charge < -0.3 is 9.32 Å². The number of rotatable bonds is 4. The minimum Gasteiger partial charge on any atom is -0.468 e. The highest BCUT2D eigenvalue weighted by Crippen LogP contribution is 2.21. The number of sulfone groups is 1. The molecule has 1 aliphatic heterocycles. The fourth-order valence-corrected chi connectivity index (χ4v) is 3.72. The molecule has 2 aromatic heterocycles. The SMILES string of the molecule is O=C(c1cnccn1)N1CC(S(=O)(=O)Cc2ccco2)C1. The van der Waals surface area contributed by atoms with Gasteiger partial charge in [0.1, 0.15) is 17.2 Å². The third kappa shape index (κ3) is 2.80. The van der Waals surface area contributed by atoms with Crippen LogP contribution in [0.25, 0.3) is 0 Å². The van der Waals surface area contributed by atoms with Crippen molar-refractivity contribution in [3.05, 3.63) is 48.4 Å². The summed E-state index contributed by atoms with van der Waals surface area (Å²) in [4.78, 5) is 21.2. The molecule has 110 valence electrons. The van der Waals surface area contributed by atoms with Gasteiger partial charge in [0, 0.05) is 25.5 Å². The fourth-order valence-electron chi connectivity index (χ4n) is 2.11. The maximum atomic E-state index is 12.2. The summed E-state index contributed by atoms with van der Waals surface area (Å²) in [6, 6.07) is 3.27. The molecule has 0 aliphatic carbocycles. The van der Waals surface area contributed by atoms with Crippen LogP contribution in [0.2, 0.25) is 0 Å². The Kier molecular flexibility index (Phi) is 3.46. The summed E-state index contributed by atoms with van der Waals surface area (Å²) < 4.78 is 29.4. The summed E-state index contributed by atoms with van der Waals surface area (Å²) >= 11 is 0.